The predicted octanol–water partition coefficient (Wildman–Crippen LogP) is 2.15. The molecule has 2 unspecified atom stereocenters. The molecule has 172 valence electrons. The van der Waals surface area contributed by atoms with Gasteiger partial charge in [0.15, 0.2) is 0 Å². The van der Waals surface area contributed by atoms with Crippen molar-refractivity contribution in [2.45, 2.75) is 51.6 Å². The van der Waals surface area contributed by atoms with E-state index in [2.05, 4.69) is 20.3 Å². The largest absolute Gasteiger partial charge is 0.356 e. The summed E-state index contributed by atoms with van der Waals surface area (Å²) in [6.45, 7) is 5.44. The summed E-state index contributed by atoms with van der Waals surface area (Å²) >= 11 is 0. The molecule has 2 aromatic rings. The van der Waals surface area contributed by atoms with Crippen LogP contribution in [0.3, 0.4) is 0 Å². The number of nitrogens with zero attached hydrogens (tertiary/aromatic N) is 5. The second-order valence-corrected chi connectivity index (χ2v) is 9.04. The summed E-state index contributed by atoms with van der Waals surface area (Å²) in [4.78, 5) is 34.9. The molecule has 8 heteroatoms. The molecule has 32 heavy (non-hydrogen) atoms. The number of fused-ring (bicyclic) bond motifs is 1. The molecule has 2 fully saturated rings. The molecule has 2 aliphatic rings. The maximum Gasteiger partial charge on any atom is 0.272 e. The van der Waals surface area contributed by atoms with Crippen LogP contribution in [0.25, 0.3) is 0 Å². The van der Waals surface area contributed by atoms with E-state index < -0.39 is 0 Å². The van der Waals surface area contributed by atoms with Crippen LogP contribution >= 0.6 is 0 Å². The van der Waals surface area contributed by atoms with Crippen LogP contribution in [-0.4, -0.2) is 68.6 Å². The van der Waals surface area contributed by atoms with Crippen molar-refractivity contribution >= 4 is 11.8 Å². The molecule has 0 bridgehead atoms. The lowest BCUT2D eigenvalue weighted by Crippen LogP contribution is -2.57. The van der Waals surface area contributed by atoms with Gasteiger partial charge in [-0.3, -0.25) is 24.2 Å². The summed E-state index contributed by atoms with van der Waals surface area (Å²) in [5, 5.41) is 7.50. The lowest BCUT2D eigenvalue weighted by atomic mass is 9.88. The van der Waals surface area contributed by atoms with Crippen LogP contribution in [-0.2, 0) is 18.4 Å². The standard InChI is InChI=1S/C24H34N6O2/c1-18-15-21(28(2)27-18)24(32)30-14-9-20-22(17-30)29(16-19-7-11-25-12-8-19)13-6-4-3-5-10-26-23(20)31/h7-8,11-12,15,20,22H,3-6,9-10,13-14,16-17H2,1-2H3,(H,26,31). The molecule has 2 saturated heterocycles. The van der Waals surface area contributed by atoms with Gasteiger partial charge in [0.1, 0.15) is 5.69 Å². The first-order valence-electron chi connectivity index (χ1n) is 11.7. The summed E-state index contributed by atoms with van der Waals surface area (Å²) < 4.78 is 1.66. The molecule has 0 spiro atoms. The van der Waals surface area contributed by atoms with E-state index in [1.165, 1.54) is 5.56 Å². The Morgan fingerprint density at radius 1 is 1.16 bits per heavy atom. The summed E-state index contributed by atoms with van der Waals surface area (Å²) in [6.07, 6.45) is 8.70. The Bertz CT molecular complexity index is 928. The second-order valence-electron chi connectivity index (χ2n) is 9.04. The van der Waals surface area contributed by atoms with Gasteiger partial charge in [0.05, 0.1) is 11.6 Å². The van der Waals surface area contributed by atoms with Gasteiger partial charge in [0.2, 0.25) is 5.91 Å². The molecule has 0 aliphatic carbocycles. The summed E-state index contributed by atoms with van der Waals surface area (Å²) in [5.74, 6) is -0.00231. The fourth-order valence-corrected chi connectivity index (χ4v) is 4.99. The zero-order valence-corrected chi connectivity index (χ0v) is 19.2. The number of hydrogen-bond acceptors (Lipinski definition) is 5. The average Bonchev–Trinajstić information content (AvgIpc) is 3.13. The minimum Gasteiger partial charge on any atom is -0.356 e. The van der Waals surface area contributed by atoms with Gasteiger partial charge < -0.3 is 10.2 Å². The molecule has 8 nitrogen and oxygen atoms in total. The molecular formula is C24H34N6O2. The SMILES string of the molecule is Cc1cc(C(=O)N2CCC3C(=O)NCCCCCCN(Cc4ccncc4)C3C2)n(C)n1. The minimum absolute atomic E-state index is 0.00913. The normalized spacial score (nSPS) is 23.2. The Balaban J connectivity index is 1.60. The number of piperidine rings is 1. The number of carbonyl (C=O) groups excluding carboxylic acids is 2. The highest BCUT2D eigenvalue weighted by Gasteiger charge is 2.39. The van der Waals surface area contributed by atoms with Gasteiger partial charge in [0.25, 0.3) is 5.91 Å². The Morgan fingerprint density at radius 2 is 1.94 bits per heavy atom. The van der Waals surface area contributed by atoms with Crippen LogP contribution in [0, 0.1) is 12.8 Å². The summed E-state index contributed by atoms with van der Waals surface area (Å²) in [6, 6.07) is 5.88. The molecule has 2 amide bonds. The first-order chi connectivity index (χ1) is 15.5. The molecule has 0 aromatic carbocycles. The Labute approximate surface area is 190 Å². The molecule has 4 rings (SSSR count). The van der Waals surface area contributed by atoms with Crippen LogP contribution in [0.4, 0.5) is 0 Å². The van der Waals surface area contributed by atoms with Crippen molar-refractivity contribution < 1.29 is 9.59 Å². The molecular weight excluding hydrogens is 404 g/mol. The molecule has 1 N–H and O–H groups in total. The molecule has 2 aliphatic heterocycles. The van der Waals surface area contributed by atoms with Gasteiger partial charge in [0, 0.05) is 51.7 Å². The lowest BCUT2D eigenvalue weighted by molar-refractivity contribution is -0.129. The Morgan fingerprint density at radius 3 is 2.69 bits per heavy atom. The van der Waals surface area contributed by atoms with E-state index >= 15 is 0 Å². The lowest BCUT2D eigenvalue weighted by Gasteiger charge is -2.43. The molecule has 2 aromatic heterocycles. The average molecular weight is 439 g/mol. The van der Waals surface area contributed by atoms with Gasteiger partial charge in [-0.05, 0) is 56.5 Å². The predicted molar refractivity (Wildman–Crippen MR) is 122 cm³/mol. The Hall–Kier alpha value is -2.74. The van der Waals surface area contributed by atoms with Crippen molar-refractivity contribution in [1.82, 2.24) is 29.9 Å². The first-order valence-corrected chi connectivity index (χ1v) is 11.7. The summed E-state index contributed by atoms with van der Waals surface area (Å²) in [5.41, 5.74) is 2.61. The first kappa shape index (κ1) is 22.5. The third-order valence-electron chi connectivity index (χ3n) is 6.70. The van der Waals surface area contributed by atoms with E-state index in [0.29, 0.717) is 25.2 Å². The van der Waals surface area contributed by atoms with Gasteiger partial charge in [-0.25, -0.2) is 0 Å². The van der Waals surface area contributed by atoms with E-state index in [9.17, 15) is 9.59 Å². The quantitative estimate of drug-likeness (QED) is 0.794. The number of rotatable bonds is 3. The number of aromatic nitrogens is 3. The van der Waals surface area contributed by atoms with Crippen LogP contribution in [0.2, 0.25) is 0 Å². The van der Waals surface area contributed by atoms with E-state index in [4.69, 9.17) is 0 Å². The zero-order valence-electron chi connectivity index (χ0n) is 19.2. The smallest absolute Gasteiger partial charge is 0.272 e. The van der Waals surface area contributed by atoms with E-state index in [-0.39, 0.29) is 23.8 Å². The molecule has 0 saturated carbocycles. The highest BCUT2D eigenvalue weighted by molar-refractivity contribution is 5.93. The number of amides is 2. The van der Waals surface area contributed by atoms with Gasteiger partial charge in [-0.1, -0.05) is 12.8 Å². The number of carbonyl (C=O) groups is 2. The Kier molecular flexibility index (Phi) is 7.19. The van der Waals surface area contributed by atoms with Crippen molar-refractivity contribution in [3.05, 3.63) is 47.5 Å². The van der Waals surface area contributed by atoms with Crippen molar-refractivity contribution in [3.63, 3.8) is 0 Å². The van der Waals surface area contributed by atoms with Gasteiger partial charge in [-0.2, -0.15) is 5.10 Å². The fourth-order valence-electron chi connectivity index (χ4n) is 4.99. The van der Waals surface area contributed by atoms with E-state index in [1.54, 1.807) is 4.68 Å². The second kappa shape index (κ2) is 10.3. The highest BCUT2D eigenvalue weighted by atomic mass is 16.2. The summed E-state index contributed by atoms with van der Waals surface area (Å²) in [7, 11) is 1.81. The monoisotopic (exact) mass is 438 g/mol. The number of hydrogen-bond donors (Lipinski definition) is 1. The van der Waals surface area contributed by atoms with Gasteiger partial charge >= 0.3 is 0 Å². The van der Waals surface area contributed by atoms with E-state index in [0.717, 1.165) is 51.0 Å². The van der Waals surface area contributed by atoms with Crippen LogP contribution in [0.1, 0.15) is 53.8 Å². The van der Waals surface area contributed by atoms with Crippen LogP contribution in [0.5, 0.6) is 0 Å². The van der Waals surface area contributed by atoms with Gasteiger partial charge in [-0.15, -0.1) is 0 Å². The van der Waals surface area contributed by atoms with Crippen molar-refractivity contribution in [2.75, 3.05) is 26.2 Å². The van der Waals surface area contributed by atoms with Crippen LogP contribution < -0.4 is 5.32 Å². The fraction of sp³-hybridized carbons (Fsp3) is 0.583. The van der Waals surface area contributed by atoms with Crippen LogP contribution in [0.15, 0.2) is 30.6 Å². The topological polar surface area (TPSA) is 83.4 Å². The number of nitrogens with one attached hydrogen (secondary N) is 1. The maximum absolute atomic E-state index is 13.3. The van der Waals surface area contributed by atoms with E-state index in [1.807, 2.05) is 49.5 Å². The number of pyridine rings is 1. The molecule has 4 heterocycles. The zero-order chi connectivity index (χ0) is 22.5. The molecule has 0 radical (unpaired) electrons. The third kappa shape index (κ3) is 5.18. The van der Waals surface area contributed by atoms with Crippen molar-refractivity contribution in [3.8, 4) is 0 Å². The highest BCUT2D eigenvalue weighted by Crippen LogP contribution is 2.27. The maximum atomic E-state index is 13.3. The van der Waals surface area contributed by atoms with Crippen molar-refractivity contribution in [1.29, 1.82) is 0 Å². The number of aryl methyl sites for hydroxylation is 2. The number of likely N-dealkylation sites (tertiary alicyclic amines) is 1. The molecule has 2 atom stereocenters. The van der Waals surface area contributed by atoms with Crippen molar-refractivity contribution in [2.24, 2.45) is 13.0 Å². The minimum atomic E-state index is -0.118. The third-order valence-corrected chi connectivity index (χ3v) is 6.70.